The lowest BCUT2D eigenvalue weighted by Crippen LogP contribution is -2.40. The lowest BCUT2D eigenvalue weighted by atomic mass is 9.93. The summed E-state index contributed by atoms with van der Waals surface area (Å²) >= 11 is 4.83. The maximum Gasteiger partial charge on any atom is 0.125 e. The molecule has 0 amide bonds. The SMILES string of the molecule is CC(C)c1cccc(C(C)C)c1NC(S)N1CCCCC1. The molecule has 1 fully saturated rings. The molecule has 1 atom stereocenters. The Morgan fingerprint density at radius 2 is 1.48 bits per heavy atom. The van der Waals surface area contributed by atoms with Crippen molar-refractivity contribution in [3.8, 4) is 0 Å². The molecule has 1 aliphatic heterocycles. The van der Waals surface area contributed by atoms with E-state index in [9.17, 15) is 0 Å². The minimum Gasteiger partial charge on any atom is -0.361 e. The van der Waals surface area contributed by atoms with Gasteiger partial charge in [-0.3, -0.25) is 4.90 Å². The van der Waals surface area contributed by atoms with Crippen LogP contribution in [0.4, 0.5) is 5.69 Å². The van der Waals surface area contributed by atoms with Crippen molar-refractivity contribution in [1.29, 1.82) is 0 Å². The highest BCUT2D eigenvalue weighted by atomic mass is 32.1. The number of piperidine rings is 1. The molecule has 0 aliphatic carbocycles. The van der Waals surface area contributed by atoms with Gasteiger partial charge in [0.25, 0.3) is 0 Å². The van der Waals surface area contributed by atoms with Crippen molar-refractivity contribution < 1.29 is 0 Å². The van der Waals surface area contributed by atoms with Crippen LogP contribution in [0, 0.1) is 0 Å². The van der Waals surface area contributed by atoms with Crippen LogP contribution in [0.1, 0.15) is 69.9 Å². The molecular weight excluding hydrogens is 276 g/mol. The van der Waals surface area contributed by atoms with Crippen molar-refractivity contribution in [2.24, 2.45) is 0 Å². The summed E-state index contributed by atoms with van der Waals surface area (Å²) in [5.74, 6) is 1.04. The summed E-state index contributed by atoms with van der Waals surface area (Å²) in [4.78, 5) is 2.45. The van der Waals surface area contributed by atoms with Gasteiger partial charge in [-0.05, 0) is 35.8 Å². The highest BCUT2D eigenvalue weighted by Crippen LogP contribution is 2.33. The third kappa shape index (κ3) is 4.17. The summed E-state index contributed by atoms with van der Waals surface area (Å²) < 4.78 is 0. The number of hydrogen-bond donors (Lipinski definition) is 2. The van der Waals surface area contributed by atoms with E-state index in [0.29, 0.717) is 11.8 Å². The zero-order chi connectivity index (χ0) is 15.4. The number of anilines is 1. The van der Waals surface area contributed by atoms with E-state index >= 15 is 0 Å². The van der Waals surface area contributed by atoms with E-state index in [0.717, 1.165) is 13.1 Å². The van der Waals surface area contributed by atoms with Crippen LogP contribution in [0.15, 0.2) is 18.2 Å². The molecule has 2 rings (SSSR count). The van der Waals surface area contributed by atoms with Gasteiger partial charge in [-0.2, -0.15) is 0 Å². The fourth-order valence-corrected chi connectivity index (χ4v) is 3.46. The van der Waals surface area contributed by atoms with E-state index < -0.39 is 0 Å². The van der Waals surface area contributed by atoms with E-state index in [-0.39, 0.29) is 5.50 Å². The van der Waals surface area contributed by atoms with Gasteiger partial charge in [0, 0.05) is 18.8 Å². The molecule has 1 N–H and O–H groups in total. The molecule has 1 aromatic carbocycles. The van der Waals surface area contributed by atoms with Crippen LogP contribution < -0.4 is 5.32 Å². The Kier molecular flexibility index (Phi) is 6.00. The molecule has 1 aromatic rings. The van der Waals surface area contributed by atoms with Crippen molar-refractivity contribution in [2.45, 2.75) is 64.3 Å². The quantitative estimate of drug-likeness (QED) is 0.585. The maximum atomic E-state index is 4.83. The van der Waals surface area contributed by atoms with Gasteiger partial charge in [0.2, 0.25) is 0 Å². The molecule has 3 heteroatoms. The van der Waals surface area contributed by atoms with Gasteiger partial charge >= 0.3 is 0 Å². The number of para-hydroxylation sites is 1. The Morgan fingerprint density at radius 1 is 0.952 bits per heavy atom. The molecule has 118 valence electrons. The standard InChI is InChI=1S/C18H30N2S/c1-13(2)15-9-8-10-16(14(3)4)17(15)19-18(21)20-11-6-5-7-12-20/h8-10,13-14,18-19,21H,5-7,11-12H2,1-4H3. The average Bonchev–Trinajstić information content (AvgIpc) is 2.47. The molecule has 1 heterocycles. The summed E-state index contributed by atoms with van der Waals surface area (Å²) in [5, 5.41) is 3.70. The van der Waals surface area contributed by atoms with Gasteiger partial charge in [-0.25, -0.2) is 0 Å². The first kappa shape index (κ1) is 16.7. The van der Waals surface area contributed by atoms with Crippen molar-refractivity contribution in [1.82, 2.24) is 4.90 Å². The normalized spacial score (nSPS) is 18.2. The first-order valence-electron chi connectivity index (χ1n) is 8.32. The van der Waals surface area contributed by atoms with Crippen LogP contribution in [0.2, 0.25) is 0 Å². The summed E-state index contributed by atoms with van der Waals surface area (Å²) in [5.41, 5.74) is 4.21. The fourth-order valence-electron chi connectivity index (χ4n) is 3.10. The van der Waals surface area contributed by atoms with Gasteiger partial charge in [0.15, 0.2) is 0 Å². The molecule has 1 saturated heterocycles. The van der Waals surface area contributed by atoms with Crippen LogP contribution in [0.25, 0.3) is 0 Å². The highest BCUT2D eigenvalue weighted by molar-refractivity contribution is 7.81. The Balaban J connectivity index is 2.23. The Bertz CT molecular complexity index is 424. The van der Waals surface area contributed by atoms with Gasteiger partial charge in [-0.1, -0.05) is 52.3 Å². The van der Waals surface area contributed by atoms with Crippen LogP contribution in [0.5, 0.6) is 0 Å². The number of rotatable bonds is 5. The fraction of sp³-hybridized carbons (Fsp3) is 0.667. The van der Waals surface area contributed by atoms with Gasteiger partial charge in [0.05, 0.1) is 0 Å². The molecular formula is C18H30N2S. The molecule has 0 bridgehead atoms. The maximum absolute atomic E-state index is 4.83. The molecule has 1 aliphatic rings. The minimum absolute atomic E-state index is 0.114. The predicted octanol–water partition coefficient (Wildman–Crippen LogP) is 5.04. The van der Waals surface area contributed by atoms with Gasteiger partial charge in [-0.15, -0.1) is 12.6 Å². The van der Waals surface area contributed by atoms with Crippen LogP contribution in [-0.4, -0.2) is 23.5 Å². The van der Waals surface area contributed by atoms with Gasteiger partial charge in [0.1, 0.15) is 5.50 Å². The van der Waals surface area contributed by atoms with E-state index in [4.69, 9.17) is 12.6 Å². The summed E-state index contributed by atoms with van der Waals surface area (Å²) in [6.07, 6.45) is 3.94. The lowest BCUT2D eigenvalue weighted by molar-refractivity contribution is 0.227. The summed E-state index contributed by atoms with van der Waals surface area (Å²) in [6.45, 7) is 11.4. The van der Waals surface area contributed by atoms with E-state index in [1.54, 1.807) is 0 Å². The largest absolute Gasteiger partial charge is 0.361 e. The monoisotopic (exact) mass is 306 g/mol. The Hall–Kier alpha value is -0.670. The van der Waals surface area contributed by atoms with Gasteiger partial charge < -0.3 is 5.32 Å². The van der Waals surface area contributed by atoms with Crippen molar-refractivity contribution in [3.63, 3.8) is 0 Å². The number of benzene rings is 1. The molecule has 0 radical (unpaired) electrons. The zero-order valence-corrected chi connectivity index (χ0v) is 14.8. The first-order chi connectivity index (χ1) is 10.0. The Labute approximate surface area is 135 Å². The van der Waals surface area contributed by atoms with Crippen LogP contribution >= 0.6 is 12.6 Å². The molecule has 0 spiro atoms. The minimum atomic E-state index is 0.114. The zero-order valence-electron chi connectivity index (χ0n) is 13.9. The Morgan fingerprint density at radius 3 is 1.95 bits per heavy atom. The number of nitrogens with one attached hydrogen (secondary N) is 1. The van der Waals surface area contributed by atoms with Crippen molar-refractivity contribution in [3.05, 3.63) is 29.3 Å². The molecule has 21 heavy (non-hydrogen) atoms. The van der Waals surface area contributed by atoms with Crippen molar-refractivity contribution in [2.75, 3.05) is 18.4 Å². The lowest BCUT2D eigenvalue weighted by Gasteiger charge is -2.34. The van der Waals surface area contributed by atoms with E-state index in [2.05, 4.69) is 56.1 Å². The molecule has 0 saturated carbocycles. The summed E-state index contributed by atoms with van der Waals surface area (Å²) in [6, 6.07) is 6.68. The first-order valence-corrected chi connectivity index (χ1v) is 8.83. The van der Waals surface area contributed by atoms with Crippen LogP contribution in [0.3, 0.4) is 0 Å². The summed E-state index contributed by atoms with van der Waals surface area (Å²) in [7, 11) is 0. The van der Waals surface area contributed by atoms with E-state index in [1.807, 2.05) is 0 Å². The number of nitrogens with zero attached hydrogens (tertiary/aromatic N) is 1. The highest BCUT2D eigenvalue weighted by Gasteiger charge is 2.20. The number of hydrogen-bond acceptors (Lipinski definition) is 3. The second kappa shape index (κ2) is 7.55. The molecule has 0 aromatic heterocycles. The third-order valence-electron chi connectivity index (χ3n) is 4.38. The average molecular weight is 307 g/mol. The molecule has 1 unspecified atom stereocenters. The topological polar surface area (TPSA) is 15.3 Å². The second-order valence-corrected chi connectivity index (χ2v) is 7.22. The second-order valence-electron chi connectivity index (χ2n) is 6.74. The smallest absolute Gasteiger partial charge is 0.125 e. The number of thiol groups is 1. The predicted molar refractivity (Wildman–Crippen MR) is 96.4 cm³/mol. The van der Waals surface area contributed by atoms with Crippen LogP contribution in [-0.2, 0) is 0 Å². The van der Waals surface area contributed by atoms with Crippen molar-refractivity contribution >= 4 is 18.3 Å². The van der Waals surface area contributed by atoms with E-state index in [1.165, 1.54) is 36.1 Å². The third-order valence-corrected chi connectivity index (χ3v) is 4.84. The number of likely N-dealkylation sites (tertiary alicyclic amines) is 1. The molecule has 2 nitrogen and oxygen atoms in total.